The quantitative estimate of drug-likeness (QED) is 0.602. The highest BCUT2D eigenvalue weighted by atomic mass is 32.2. The van der Waals surface area contributed by atoms with Gasteiger partial charge in [0, 0.05) is 19.4 Å². The van der Waals surface area contributed by atoms with Crippen molar-refractivity contribution in [2.45, 2.75) is 19.4 Å². The first kappa shape index (κ1) is 12.9. The molecule has 0 heterocycles. The number of methoxy groups -OCH3 is 1. The van der Waals surface area contributed by atoms with Crippen molar-refractivity contribution in [3.63, 3.8) is 0 Å². The fraction of sp³-hybridized carbons (Fsp3) is 1.00. The monoisotopic (exact) mass is 209 g/mol. The van der Waals surface area contributed by atoms with Gasteiger partial charge in [-0.25, -0.2) is 8.42 Å². The Hall–Kier alpha value is -0.130. The lowest BCUT2D eigenvalue weighted by Gasteiger charge is -2.11. The highest BCUT2D eigenvalue weighted by Crippen LogP contribution is 1.88. The number of nitrogens with one attached hydrogen (secondary N) is 1. The van der Waals surface area contributed by atoms with E-state index in [0.717, 1.165) is 6.54 Å². The third-order valence-corrected chi connectivity index (χ3v) is 2.63. The average Bonchev–Trinajstić information content (AvgIpc) is 1.97. The lowest BCUT2D eigenvalue weighted by Crippen LogP contribution is -2.31. The van der Waals surface area contributed by atoms with Gasteiger partial charge in [0.1, 0.15) is 9.84 Å². The van der Waals surface area contributed by atoms with Crippen molar-refractivity contribution in [2.75, 3.05) is 32.3 Å². The van der Waals surface area contributed by atoms with E-state index in [2.05, 4.69) is 5.32 Å². The maximum Gasteiger partial charge on any atom is 0.147 e. The lowest BCUT2D eigenvalue weighted by molar-refractivity contribution is 0.172. The van der Waals surface area contributed by atoms with E-state index in [1.807, 2.05) is 6.92 Å². The second kappa shape index (κ2) is 6.34. The molecule has 0 rings (SSSR count). The summed E-state index contributed by atoms with van der Waals surface area (Å²) in [6, 6.07) is 0.282. The molecule has 1 unspecified atom stereocenters. The van der Waals surface area contributed by atoms with Crippen LogP contribution >= 0.6 is 0 Å². The minimum Gasteiger partial charge on any atom is -0.383 e. The molecule has 0 amide bonds. The fourth-order valence-corrected chi connectivity index (χ4v) is 1.66. The second-order valence-corrected chi connectivity index (χ2v) is 5.55. The first-order valence-electron chi connectivity index (χ1n) is 4.36. The fourth-order valence-electron chi connectivity index (χ4n) is 0.992. The molecule has 1 N–H and O–H groups in total. The van der Waals surface area contributed by atoms with Gasteiger partial charge in [0.2, 0.25) is 0 Å². The molecule has 0 aromatic rings. The highest BCUT2D eigenvalue weighted by Gasteiger charge is 2.03. The second-order valence-electron chi connectivity index (χ2n) is 3.29. The smallest absolute Gasteiger partial charge is 0.147 e. The summed E-state index contributed by atoms with van der Waals surface area (Å²) in [7, 11) is -1.16. The van der Waals surface area contributed by atoms with Crippen LogP contribution in [-0.2, 0) is 14.6 Å². The summed E-state index contributed by atoms with van der Waals surface area (Å²) >= 11 is 0. The molecule has 0 aliphatic heterocycles. The van der Waals surface area contributed by atoms with Crippen LogP contribution in [0, 0.1) is 0 Å². The van der Waals surface area contributed by atoms with Crippen molar-refractivity contribution >= 4 is 9.84 Å². The van der Waals surface area contributed by atoms with Crippen molar-refractivity contribution in [3.8, 4) is 0 Å². The van der Waals surface area contributed by atoms with Crippen LogP contribution in [0.25, 0.3) is 0 Å². The van der Waals surface area contributed by atoms with Crippen molar-refractivity contribution in [1.82, 2.24) is 5.32 Å². The molecule has 1 atom stereocenters. The van der Waals surface area contributed by atoms with Crippen molar-refractivity contribution < 1.29 is 13.2 Å². The number of hydrogen-bond acceptors (Lipinski definition) is 4. The average molecular weight is 209 g/mol. The van der Waals surface area contributed by atoms with Gasteiger partial charge in [-0.2, -0.15) is 0 Å². The standard InChI is InChI=1S/C8H19NO3S/c1-8(7-12-2)9-5-4-6-13(3,10)11/h8-9H,4-7H2,1-3H3. The maximum atomic E-state index is 10.7. The molecule has 13 heavy (non-hydrogen) atoms. The molecule has 0 aliphatic rings. The van der Waals surface area contributed by atoms with E-state index >= 15 is 0 Å². The molecule has 0 aromatic heterocycles. The van der Waals surface area contributed by atoms with Crippen LogP contribution in [0.5, 0.6) is 0 Å². The van der Waals surface area contributed by atoms with Crippen LogP contribution in [0.1, 0.15) is 13.3 Å². The first-order valence-corrected chi connectivity index (χ1v) is 6.42. The summed E-state index contributed by atoms with van der Waals surface area (Å²) in [5.74, 6) is 0.250. The first-order chi connectivity index (χ1) is 5.95. The molecule has 0 aromatic carbocycles. The molecular formula is C8H19NO3S. The zero-order valence-corrected chi connectivity index (χ0v) is 9.36. The Labute approximate surface area is 80.6 Å². The van der Waals surface area contributed by atoms with E-state index < -0.39 is 9.84 Å². The summed E-state index contributed by atoms with van der Waals surface area (Å²) in [6.07, 6.45) is 1.92. The van der Waals surface area contributed by atoms with Crippen LogP contribution < -0.4 is 5.32 Å². The van der Waals surface area contributed by atoms with Gasteiger partial charge in [0.15, 0.2) is 0 Å². The van der Waals surface area contributed by atoms with Gasteiger partial charge < -0.3 is 10.1 Å². The Morgan fingerprint density at radius 2 is 2.08 bits per heavy atom. The minimum atomic E-state index is -2.81. The molecule has 4 nitrogen and oxygen atoms in total. The van der Waals surface area contributed by atoms with Crippen LogP contribution in [0.15, 0.2) is 0 Å². The number of sulfone groups is 1. The predicted octanol–water partition coefficient (Wildman–Crippen LogP) is 0.0456. The molecule has 80 valence electrons. The molecule has 0 spiro atoms. The Morgan fingerprint density at radius 3 is 2.54 bits per heavy atom. The molecule has 0 saturated carbocycles. The predicted molar refractivity (Wildman–Crippen MR) is 53.7 cm³/mol. The highest BCUT2D eigenvalue weighted by molar-refractivity contribution is 7.90. The Balaban J connectivity index is 3.36. The summed E-state index contributed by atoms with van der Waals surface area (Å²) in [5, 5.41) is 3.17. The van der Waals surface area contributed by atoms with Gasteiger partial charge in [-0.15, -0.1) is 0 Å². The van der Waals surface area contributed by atoms with E-state index in [-0.39, 0.29) is 11.8 Å². The topological polar surface area (TPSA) is 55.4 Å². The molecular weight excluding hydrogens is 190 g/mol. The molecule has 0 aliphatic carbocycles. The van der Waals surface area contributed by atoms with Crippen molar-refractivity contribution in [1.29, 1.82) is 0 Å². The number of ether oxygens (including phenoxy) is 1. The minimum absolute atomic E-state index is 0.250. The van der Waals surface area contributed by atoms with Gasteiger partial charge in [0.05, 0.1) is 12.4 Å². The largest absolute Gasteiger partial charge is 0.383 e. The van der Waals surface area contributed by atoms with Crippen molar-refractivity contribution in [3.05, 3.63) is 0 Å². The van der Waals surface area contributed by atoms with Crippen LogP contribution in [0.4, 0.5) is 0 Å². The summed E-state index contributed by atoms with van der Waals surface area (Å²) in [5.41, 5.74) is 0. The van der Waals surface area contributed by atoms with Gasteiger partial charge in [-0.1, -0.05) is 0 Å². The van der Waals surface area contributed by atoms with Crippen molar-refractivity contribution in [2.24, 2.45) is 0 Å². The third-order valence-electron chi connectivity index (χ3n) is 1.60. The third kappa shape index (κ3) is 9.79. The number of rotatable bonds is 7. The van der Waals surface area contributed by atoms with Crippen LogP contribution in [-0.4, -0.2) is 46.7 Å². The normalized spacial score (nSPS) is 14.4. The van der Waals surface area contributed by atoms with Gasteiger partial charge in [0.25, 0.3) is 0 Å². The van der Waals surface area contributed by atoms with Gasteiger partial charge in [-0.05, 0) is 19.9 Å². The Bertz CT molecular complexity index is 213. The van der Waals surface area contributed by atoms with E-state index in [4.69, 9.17) is 4.74 Å². The van der Waals surface area contributed by atoms with E-state index in [1.165, 1.54) is 6.26 Å². The SMILES string of the molecule is COCC(C)NCCCS(C)(=O)=O. The zero-order chi connectivity index (χ0) is 10.3. The summed E-state index contributed by atoms with van der Waals surface area (Å²) in [4.78, 5) is 0. The molecule has 5 heteroatoms. The zero-order valence-electron chi connectivity index (χ0n) is 8.54. The molecule has 0 radical (unpaired) electrons. The summed E-state index contributed by atoms with van der Waals surface area (Å²) < 4.78 is 26.4. The Morgan fingerprint density at radius 1 is 1.46 bits per heavy atom. The molecule has 0 fully saturated rings. The van der Waals surface area contributed by atoms with Gasteiger partial charge >= 0.3 is 0 Å². The summed E-state index contributed by atoms with van der Waals surface area (Å²) in [6.45, 7) is 3.38. The van der Waals surface area contributed by atoms with Gasteiger partial charge in [-0.3, -0.25) is 0 Å². The van der Waals surface area contributed by atoms with E-state index in [1.54, 1.807) is 7.11 Å². The lowest BCUT2D eigenvalue weighted by atomic mass is 10.3. The molecule has 0 saturated heterocycles. The van der Waals surface area contributed by atoms with Crippen LogP contribution in [0.3, 0.4) is 0 Å². The number of hydrogen-bond donors (Lipinski definition) is 1. The van der Waals surface area contributed by atoms with E-state index in [0.29, 0.717) is 13.0 Å². The van der Waals surface area contributed by atoms with Crippen LogP contribution in [0.2, 0.25) is 0 Å². The maximum absolute atomic E-state index is 10.7. The molecule has 0 bridgehead atoms. The van der Waals surface area contributed by atoms with E-state index in [9.17, 15) is 8.42 Å². The Kier molecular flexibility index (Phi) is 6.28.